The molecule has 0 saturated heterocycles. The number of hydrogen-bond acceptors (Lipinski definition) is 6. The van der Waals surface area contributed by atoms with Gasteiger partial charge >= 0.3 is 14.7 Å². The molecule has 2 atom stereocenters. The molecule has 0 aliphatic heterocycles. The van der Waals surface area contributed by atoms with E-state index in [1.165, 1.54) is 12.0 Å². The molecule has 0 saturated carbocycles. The molecule has 0 aliphatic carbocycles. The lowest BCUT2D eigenvalue weighted by Gasteiger charge is -2.22. The number of carboxylic acid groups (broad SMARTS) is 1. The minimum absolute atomic E-state index is 0.00127. The van der Waals surface area contributed by atoms with E-state index >= 15 is 0 Å². The fourth-order valence-electron chi connectivity index (χ4n) is 3.13. The zero-order valence-corrected chi connectivity index (χ0v) is 20.0. The monoisotopic (exact) mass is 457 g/mol. The van der Waals surface area contributed by atoms with Crippen LogP contribution in [0.3, 0.4) is 0 Å². The Balaban J connectivity index is 0.000000639. The molecule has 0 heterocycles. The van der Waals surface area contributed by atoms with E-state index < -0.39 is 14.7 Å². The Bertz CT molecular complexity index is 548. The topological polar surface area (TPSA) is 113 Å². The predicted octanol–water partition coefficient (Wildman–Crippen LogP) is 4.02. The van der Waals surface area contributed by atoms with Gasteiger partial charge in [0.15, 0.2) is 0 Å². The Hall–Kier alpha value is -1.37. The van der Waals surface area contributed by atoms with Gasteiger partial charge in [-0.25, -0.2) is 0 Å². The third kappa shape index (κ3) is 19.1. The number of aliphatic hydroxyl groups is 1. The number of nitrogens with two attached hydrogens (primary N) is 1. The molecule has 0 amide bonds. The first-order chi connectivity index (χ1) is 15.1. The number of nitrogens with zero attached hydrogens (tertiary/aromatic N) is 1. The van der Waals surface area contributed by atoms with Crippen molar-refractivity contribution in [2.24, 2.45) is 5.73 Å². The summed E-state index contributed by atoms with van der Waals surface area (Å²) >= 11 is 0. The van der Waals surface area contributed by atoms with E-state index in [0.29, 0.717) is 19.7 Å². The number of aliphatic carboxylic acids is 1. The number of carbonyl (C=O) groups is 1. The van der Waals surface area contributed by atoms with Crippen molar-refractivity contribution in [1.29, 1.82) is 0 Å². The lowest BCUT2D eigenvalue weighted by Crippen LogP contribution is -2.37. The minimum atomic E-state index is -0.846. The molecule has 7 nitrogen and oxygen atoms in total. The Kier molecular flexibility index (Phi) is 20.9. The van der Waals surface area contributed by atoms with Crippen molar-refractivity contribution >= 4 is 14.7 Å². The summed E-state index contributed by atoms with van der Waals surface area (Å²) in [6.07, 6.45) is 8.73. The number of aryl methyl sites for hydroxylation is 1. The highest BCUT2D eigenvalue weighted by Gasteiger charge is 2.19. The standard InChI is InChI=1S/C12H25N2O4P.C11H16O/c1-2-3-8-14(10-12(15)16)9-11(18-19-17)6-4-5-7-13;12-10-6-2-5-9-11-7-3-1-4-8-11/h11,19H,2-10,13H2,1H3;1,3-4,7-8,12H,2,5-6,9-10H2/p+1. The molecule has 1 rings (SSSR count). The van der Waals surface area contributed by atoms with Crippen molar-refractivity contribution < 1.29 is 24.1 Å². The summed E-state index contributed by atoms with van der Waals surface area (Å²) in [5, 5.41) is 17.4. The summed E-state index contributed by atoms with van der Waals surface area (Å²) in [4.78, 5) is 12.7. The molecule has 0 spiro atoms. The summed E-state index contributed by atoms with van der Waals surface area (Å²) in [7, 11) is -0.808. The number of carboxylic acids is 1. The van der Waals surface area contributed by atoms with E-state index in [2.05, 4.69) is 31.2 Å². The fraction of sp³-hybridized carbons (Fsp3) is 0.696. The highest BCUT2D eigenvalue weighted by Crippen LogP contribution is 2.13. The first-order valence-electron chi connectivity index (χ1n) is 11.4. The average Bonchev–Trinajstić information content (AvgIpc) is 2.76. The van der Waals surface area contributed by atoms with Crippen LogP contribution in [0.4, 0.5) is 0 Å². The van der Waals surface area contributed by atoms with Gasteiger partial charge in [-0.2, -0.15) is 0 Å². The van der Waals surface area contributed by atoms with Crippen molar-refractivity contribution in [3.05, 3.63) is 35.9 Å². The second kappa shape index (κ2) is 21.8. The molecule has 0 radical (unpaired) electrons. The number of aliphatic hydroxyl groups excluding tert-OH is 1. The number of benzene rings is 1. The molecule has 8 heteroatoms. The second-order valence-corrected chi connectivity index (χ2v) is 8.01. The maximum absolute atomic E-state index is 10.8. The molecule has 1 aromatic carbocycles. The summed E-state index contributed by atoms with van der Waals surface area (Å²) in [5.41, 5.74) is 6.83. The van der Waals surface area contributed by atoms with Crippen LogP contribution in [0, 0.1) is 0 Å². The van der Waals surface area contributed by atoms with Gasteiger partial charge in [-0.05, 0) is 68.2 Å². The van der Waals surface area contributed by atoms with Gasteiger partial charge in [-0.3, -0.25) is 9.69 Å². The molecule has 178 valence electrons. The van der Waals surface area contributed by atoms with Crippen molar-refractivity contribution in [2.45, 2.75) is 70.8 Å². The number of rotatable bonds is 18. The van der Waals surface area contributed by atoms with E-state index in [4.69, 9.17) is 20.5 Å². The third-order valence-electron chi connectivity index (χ3n) is 4.81. The summed E-state index contributed by atoms with van der Waals surface area (Å²) in [5.74, 6) is -0.846. The maximum atomic E-state index is 10.8. The van der Waals surface area contributed by atoms with Gasteiger partial charge < -0.3 is 15.9 Å². The molecule has 4 N–H and O–H groups in total. The molecule has 0 aliphatic rings. The fourth-order valence-corrected chi connectivity index (χ4v) is 3.46. The van der Waals surface area contributed by atoms with E-state index in [1.54, 1.807) is 0 Å². The summed E-state index contributed by atoms with van der Waals surface area (Å²) < 4.78 is 15.8. The van der Waals surface area contributed by atoms with Crippen molar-refractivity contribution in [2.75, 3.05) is 32.8 Å². The van der Waals surface area contributed by atoms with Gasteiger partial charge in [-0.15, -0.1) is 4.52 Å². The lowest BCUT2D eigenvalue weighted by molar-refractivity contribution is -0.138. The highest BCUT2D eigenvalue weighted by atomic mass is 31.1. The average molecular weight is 458 g/mol. The molecule has 0 fully saturated rings. The lowest BCUT2D eigenvalue weighted by atomic mass is 10.1. The van der Waals surface area contributed by atoms with Crippen LogP contribution >= 0.6 is 8.69 Å². The van der Waals surface area contributed by atoms with Crippen LogP contribution in [0.1, 0.15) is 63.9 Å². The number of unbranched alkanes of at least 4 members (excludes halogenated alkanes) is 4. The number of hydrogen-bond donors (Lipinski definition) is 3. The van der Waals surface area contributed by atoms with Crippen molar-refractivity contribution in [3.8, 4) is 0 Å². The van der Waals surface area contributed by atoms with Gasteiger partial charge in [0, 0.05) is 13.2 Å². The van der Waals surface area contributed by atoms with E-state index in [1.807, 2.05) is 11.0 Å². The first kappa shape index (κ1) is 29.6. The van der Waals surface area contributed by atoms with Crippen molar-refractivity contribution in [1.82, 2.24) is 4.90 Å². The highest BCUT2D eigenvalue weighted by molar-refractivity contribution is 7.17. The second-order valence-electron chi connectivity index (χ2n) is 7.61. The quantitative estimate of drug-likeness (QED) is 0.225. The predicted molar refractivity (Wildman–Crippen MR) is 127 cm³/mol. The van der Waals surface area contributed by atoms with Crippen molar-refractivity contribution in [3.63, 3.8) is 0 Å². The zero-order chi connectivity index (χ0) is 23.2. The Morgan fingerprint density at radius 2 is 1.87 bits per heavy atom. The molecule has 31 heavy (non-hydrogen) atoms. The van der Waals surface area contributed by atoms with Gasteiger partial charge in [0.1, 0.15) is 6.10 Å². The zero-order valence-electron chi connectivity index (χ0n) is 19.0. The van der Waals surface area contributed by atoms with Gasteiger partial charge in [0.05, 0.1) is 6.54 Å². The normalized spacial score (nSPS) is 11.9. The summed E-state index contributed by atoms with van der Waals surface area (Å²) in [6.45, 7) is 4.25. The van der Waals surface area contributed by atoms with E-state index in [-0.39, 0.29) is 12.6 Å². The van der Waals surface area contributed by atoms with Crippen LogP contribution in [0.25, 0.3) is 0 Å². The van der Waals surface area contributed by atoms with Crippen LogP contribution in [-0.4, -0.2) is 60.0 Å². The molecule has 2 unspecified atom stereocenters. The molecule has 0 aromatic heterocycles. The molecular formula is C23H42N2O5P+. The molecular weight excluding hydrogens is 415 g/mol. The van der Waals surface area contributed by atoms with Crippen LogP contribution in [0.5, 0.6) is 0 Å². The minimum Gasteiger partial charge on any atom is -0.480 e. The van der Waals surface area contributed by atoms with E-state index in [9.17, 15) is 9.36 Å². The first-order valence-corrected chi connectivity index (χ1v) is 12.2. The third-order valence-corrected chi connectivity index (χ3v) is 5.24. The maximum Gasteiger partial charge on any atom is 0.494 e. The SMILES string of the molecule is CCCCN(CC(=O)O)CC(CCCCN)O[PH+]=O.OCCCCCc1ccccc1. The molecule has 0 bridgehead atoms. The smallest absolute Gasteiger partial charge is 0.480 e. The Morgan fingerprint density at radius 3 is 2.45 bits per heavy atom. The van der Waals surface area contributed by atoms with Gasteiger partial charge in [0.2, 0.25) is 0 Å². The van der Waals surface area contributed by atoms with Crippen LogP contribution in [0.2, 0.25) is 0 Å². The van der Waals surface area contributed by atoms with E-state index in [0.717, 1.165) is 57.9 Å². The van der Waals surface area contributed by atoms with Gasteiger partial charge in [-0.1, -0.05) is 50.1 Å². The van der Waals surface area contributed by atoms with Gasteiger partial charge in [0.25, 0.3) is 0 Å². The van der Waals surface area contributed by atoms with Crippen LogP contribution < -0.4 is 5.73 Å². The Labute approximate surface area is 189 Å². The summed E-state index contributed by atoms with van der Waals surface area (Å²) in [6, 6.07) is 10.5. The Morgan fingerprint density at radius 1 is 1.13 bits per heavy atom. The largest absolute Gasteiger partial charge is 0.494 e. The van der Waals surface area contributed by atoms with Crippen LogP contribution in [0.15, 0.2) is 30.3 Å². The van der Waals surface area contributed by atoms with Crippen LogP contribution in [-0.2, 0) is 20.3 Å². The molecule has 1 aromatic rings.